The van der Waals surface area contributed by atoms with E-state index in [0.29, 0.717) is 12.6 Å². The first-order valence-electron chi connectivity index (χ1n) is 4.41. The van der Waals surface area contributed by atoms with Crippen LogP contribution in [0.3, 0.4) is 0 Å². The molecule has 4 heteroatoms. The summed E-state index contributed by atoms with van der Waals surface area (Å²) in [4.78, 5) is 10.7. The number of rotatable bonds is 2. The molecule has 0 bridgehead atoms. The van der Waals surface area contributed by atoms with Gasteiger partial charge in [0.2, 0.25) is 0 Å². The fourth-order valence-corrected chi connectivity index (χ4v) is 1.31. The minimum Gasteiger partial charge on any atom is -0.448 e. The quantitative estimate of drug-likeness (QED) is 0.637. The van der Waals surface area contributed by atoms with E-state index in [0.717, 1.165) is 13.0 Å². The highest BCUT2D eigenvalue weighted by molar-refractivity contribution is 5.66. The molecule has 0 aromatic carbocycles. The molecule has 4 nitrogen and oxygen atoms in total. The molecule has 1 fully saturated rings. The average molecular weight is 172 g/mol. The molecule has 0 radical (unpaired) electrons. The van der Waals surface area contributed by atoms with Gasteiger partial charge in [-0.2, -0.15) is 0 Å². The van der Waals surface area contributed by atoms with E-state index in [1.54, 1.807) is 7.05 Å². The van der Waals surface area contributed by atoms with Gasteiger partial charge in [-0.3, -0.25) is 0 Å². The van der Waals surface area contributed by atoms with Crippen LogP contribution in [0.25, 0.3) is 0 Å². The SMILES string of the molecule is CNC(=O)OC[C@@H]1CCCCN1. The number of carbonyl (C=O) groups is 1. The van der Waals surface area contributed by atoms with E-state index in [-0.39, 0.29) is 6.09 Å². The van der Waals surface area contributed by atoms with Gasteiger partial charge in [0.1, 0.15) is 6.61 Å². The van der Waals surface area contributed by atoms with Crippen molar-refractivity contribution in [2.75, 3.05) is 20.2 Å². The van der Waals surface area contributed by atoms with Gasteiger partial charge in [-0.25, -0.2) is 4.79 Å². The second kappa shape index (κ2) is 4.98. The third kappa shape index (κ3) is 3.09. The molecule has 1 aliphatic rings. The number of ether oxygens (including phenoxy) is 1. The Morgan fingerprint density at radius 3 is 3.08 bits per heavy atom. The van der Waals surface area contributed by atoms with Gasteiger partial charge in [-0.15, -0.1) is 0 Å². The summed E-state index contributed by atoms with van der Waals surface area (Å²) in [5, 5.41) is 5.71. The van der Waals surface area contributed by atoms with Crippen LogP contribution in [-0.4, -0.2) is 32.3 Å². The molecule has 12 heavy (non-hydrogen) atoms. The summed E-state index contributed by atoms with van der Waals surface area (Å²) in [5.41, 5.74) is 0. The molecular formula is C8H16N2O2. The summed E-state index contributed by atoms with van der Waals surface area (Å²) in [6.45, 7) is 1.53. The standard InChI is InChI=1S/C8H16N2O2/c1-9-8(11)12-6-7-4-2-3-5-10-7/h7,10H,2-6H2,1H3,(H,9,11)/t7-/m0/s1. The zero-order valence-electron chi connectivity index (χ0n) is 7.43. The van der Waals surface area contributed by atoms with Crippen molar-refractivity contribution in [2.45, 2.75) is 25.3 Å². The summed E-state index contributed by atoms with van der Waals surface area (Å²) in [7, 11) is 1.57. The number of nitrogens with one attached hydrogen (secondary N) is 2. The first-order valence-corrected chi connectivity index (χ1v) is 4.41. The van der Waals surface area contributed by atoms with E-state index in [9.17, 15) is 4.79 Å². The number of hydrogen-bond acceptors (Lipinski definition) is 3. The summed E-state index contributed by atoms with van der Waals surface area (Å²) < 4.78 is 4.92. The normalized spacial score (nSPS) is 23.2. The first-order chi connectivity index (χ1) is 5.83. The van der Waals surface area contributed by atoms with Crippen molar-refractivity contribution in [1.29, 1.82) is 0 Å². The smallest absolute Gasteiger partial charge is 0.406 e. The number of hydrogen-bond donors (Lipinski definition) is 2. The van der Waals surface area contributed by atoms with Gasteiger partial charge in [0, 0.05) is 13.1 Å². The number of alkyl carbamates (subject to hydrolysis) is 1. The van der Waals surface area contributed by atoms with Crippen molar-refractivity contribution in [2.24, 2.45) is 0 Å². The van der Waals surface area contributed by atoms with Crippen LogP contribution >= 0.6 is 0 Å². The Labute approximate surface area is 72.7 Å². The summed E-state index contributed by atoms with van der Waals surface area (Å²) in [6, 6.07) is 0.357. The third-order valence-electron chi connectivity index (χ3n) is 2.03. The topological polar surface area (TPSA) is 50.4 Å². The molecule has 1 saturated heterocycles. The second-order valence-corrected chi connectivity index (χ2v) is 3.00. The molecule has 0 unspecified atom stereocenters. The van der Waals surface area contributed by atoms with Crippen LogP contribution in [-0.2, 0) is 4.74 Å². The maximum Gasteiger partial charge on any atom is 0.406 e. The summed E-state index contributed by atoms with van der Waals surface area (Å²) in [6.07, 6.45) is 3.23. The zero-order valence-corrected chi connectivity index (χ0v) is 7.43. The van der Waals surface area contributed by atoms with Gasteiger partial charge in [-0.1, -0.05) is 6.42 Å². The van der Waals surface area contributed by atoms with E-state index >= 15 is 0 Å². The highest BCUT2D eigenvalue weighted by Gasteiger charge is 2.13. The van der Waals surface area contributed by atoms with Crippen molar-refractivity contribution in [3.05, 3.63) is 0 Å². The van der Waals surface area contributed by atoms with E-state index < -0.39 is 0 Å². The summed E-state index contributed by atoms with van der Waals surface area (Å²) >= 11 is 0. The Balaban J connectivity index is 2.09. The predicted molar refractivity (Wildman–Crippen MR) is 46.0 cm³/mol. The number of piperidine rings is 1. The van der Waals surface area contributed by atoms with Gasteiger partial charge >= 0.3 is 6.09 Å². The maximum absolute atomic E-state index is 10.7. The van der Waals surface area contributed by atoms with Crippen molar-refractivity contribution in [3.8, 4) is 0 Å². The first kappa shape index (κ1) is 9.32. The molecule has 2 N–H and O–H groups in total. The van der Waals surface area contributed by atoms with E-state index in [2.05, 4.69) is 10.6 Å². The van der Waals surface area contributed by atoms with Crippen LogP contribution in [0.4, 0.5) is 4.79 Å². The Hall–Kier alpha value is -0.770. The fraction of sp³-hybridized carbons (Fsp3) is 0.875. The van der Waals surface area contributed by atoms with Gasteiger partial charge < -0.3 is 15.4 Å². The van der Waals surface area contributed by atoms with Gasteiger partial charge in [0.15, 0.2) is 0 Å². The Kier molecular flexibility index (Phi) is 3.87. The highest BCUT2D eigenvalue weighted by Crippen LogP contribution is 2.06. The van der Waals surface area contributed by atoms with E-state index in [1.165, 1.54) is 12.8 Å². The monoisotopic (exact) mass is 172 g/mol. The van der Waals surface area contributed by atoms with E-state index in [4.69, 9.17) is 4.74 Å². The number of carbonyl (C=O) groups excluding carboxylic acids is 1. The Bertz CT molecular complexity index is 144. The van der Waals surface area contributed by atoms with Crippen LogP contribution in [0.2, 0.25) is 0 Å². The van der Waals surface area contributed by atoms with Crippen molar-refractivity contribution in [3.63, 3.8) is 0 Å². The lowest BCUT2D eigenvalue weighted by Crippen LogP contribution is -2.39. The number of amides is 1. The lowest BCUT2D eigenvalue weighted by molar-refractivity contribution is 0.130. The molecular weight excluding hydrogens is 156 g/mol. The summed E-state index contributed by atoms with van der Waals surface area (Å²) in [5.74, 6) is 0. The van der Waals surface area contributed by atoms with Crippen LogP contribution in [0.15, 0.2) is 0 Å². The Morgan fingerprint density at radius 2 is 2.50 bits per heavy atom. The van der Waals surface area contributed by atoms with Gasteiger partial charge in [-0.05, 0) is 19.4 Å². The van der Waals surface area contributed by atoms with Crippen LogP contribution in [0.1, 0.15) is 19.3 Å². The average Bonchev–Trinajstić information content (AvgIpc) is 2.16. The molecule has 0 spiro atoms. The van der Waals surface area contributed by atoms with Gasteiger partial charge in [0.25, 0.3) is 0 Å². The molecule has 1 aliphatic heterocycles. The molecule has 1 atom stereocenters. The zero-order chi connectivity index (χ0) is 8.81. The molecule has 1 heterocycles. The molecule has 0 aromatic heterocycles. The molecule has 0 aromatic rings. The largest absolute Gasteiger partial charge is 0.448 e. The van der Waals surface area contributed by atoms with Crippen molar-refractivity contribution < 1.29 is 9.53 Å². The highest BCUT2D eigenvalue weighted by atomic mass is 16.5. The fourth-order valence-electron chi connectivity index (χ4n) is 1.31. The molecule has 0 saturated carbocycles. The molecule has 0 aliphatic carbocycles. The minimum atomic E-state index is -0.345. The minimum absolute atomic E-state index is 0.345. The Morgan fingerprint density at radius 1 is 1.67 bits per heavy atom. The van der Waals surface area contributed by atoms with Crippen LogP contribution in [0, 0.1) is 0 Å². The molecule has 70 valence electrons. The molecule has 1 rings (SSSR count). The van der Waals surface area contributed by atoms with Crippen LogP contribution in [0.5, 0.6) is 0 Å². The second-order valence-electron chi connectivity index (χ2n) is 3.00. The van der Waals surface area contributed by atoms with E-state index in [1.807, 2.05) is 0 Å². The van der Waals surface area contributed by atoms with Gasteiger partial charge in [0.05, 0.1) is 0 Å². The molecule has 1 amide bonds. The predicted octanol–water partition coefficient (Wildman–Crippen LogP) is 0.484. The lowest BCUT2D eigenvalue weighted by Gasteiger charge is -2.22. The third-order valence-corrected chi connectivity index (χ3v) is 2.03. The van der Waals surface area contributed by atoms with Crippen molar-refractivity contribution >= 4 is 6.09 Å². The van der Waals surface area contributed by atoms with Crippen LogP contribution < -0.4 is 10.6 Å². The maximum atomic E-state index is 10.7. The lowest BCUT2D eigenvalue weighted by atomic mass is 10.1. The van der Waals surface area contributed by atoms with Crippen molar-refractivity contribution in [1.82, 2.24) is 10.6 Å².